The van der Waals surface area contributed by atoms with Crippen LogP contribution in [0.5, 0.6) is 0 Å². The average Bonchev–Trinajstić information content (AvgIpc) is 2.35. The van der Waals surface area contributed by atoms with Crippen molar-refractivity contribution < 1.29 is 18.0 Å². The summed E-state index contributed by atoms with van der Waals surface area (Å²) in [5.74, 6) is -2.08. The highest BCUT2D eigenvalue weighted by molar-refractivity contribution is 8.00. The van der Waals surface area contributed by atoms with Gasteiger partial charge in [-0.2, -0.15) is 18.4 Å². The van der Waals surface area contributed by atoms with Gasteiger partial charge in [-0.25, -0.2) is 0 Å². The standard InChI is InChI=1S/C12H10ClF3N2OS/c13-9-3-1-8(2-4-9)10(5-17)18-11(19)6-20-7-12(14,15)16/h1-4,10H,6-7H2,(H,18,19)/t10-/m1/s1. The summed E-state index contributed by atoms with van der Waals surface area (Å²) >= 11 is 6.15. The van der Waals surface area contributed by atoms with Crippen LogP contribution in [-0.2, 0) is 4.79 Å². The van der Waals surface area contributed by atoms with Gasteiger partial charge in [0.1, 0.15) is 6.04 Å². The molecule has 0 aromatic heterocycles. The summed E-state index contributed by atoms with van der Waals surface area (Å²) in [7, 11) is 0. The van der Waals surface area contributed by atoms with Gasteiger partial charge in [0.25, 0.3) is 0 Å². The van der Waals surface area contributed by atoms with E-state index in [1.807, 2.05) is 6.07 Å². The van der Waals surface area contributed by atoms with E-state index >= 15 is 0 Å². The molecule has 1 aromatic carbocycles. The SMILES string of the molecule is N#C[C@@H](NC(=O)CSCC(F)(F)F)c1ccc(Cl)cc1. The normalized spacial score (nSPS) is 12.6. The highest BCUT2D eigenvalue weighted by Crippen LogP contribution is 2.21. The van der Waals surface area contributed by atoms with Crippen molar-refractivity contribution in [3.63, 3.8) is 0 Å². The van der Waals surface area contributed by atoms with E-state index in [1.165, 1.54) is 0 Å². The molecule has 1 atom stereocenters. The second-order valence-electron chi connectivity index (χ2n) is 3.79. The first-order valence-electron chi connectivity index (χ1n) is 5.41. The van der Waals surface area contributed by atoms with Crippen molar-refractivity contribution in [2.24, 2.45) is 0 Å². The molecule has 0 aliphatic carbocycles. The summed E-state index contributed by atoms with van der Waals surface area (Å²) in [5.41, 5.74) is 0.520. The Morgan fingerprint density at radius 3 is 2.50 bits per heavy atom. The van der Waals surface area contributed by atoms with Crippen LogP contribution in [0, 0.1) is 11.3 Å². The zero-order valence-corrected chi connectivity index (χ0v) is 11.6. The molecule has 0 heterocycles. The van der Waals surface area contributed by atoms with Crippen LogP contribution in [0.3, 0.4) is 0 Å². The van der Waals surface area contributed by atoms with Crippen molar-refractivity contribution in [3.8, 4) is 6.07 Å². The van der Waals surface area contributed by atoms with Crippen molar-refractivity contribution in [1.82, 2.24) is 5.32 Å². The van der Waals surface area contributed by atoms with Gasteiger partial charge in [0.05, 0.1) is 17.6 Å². The van der Waals surface area contributed by atoms with Gasteiger partial charge in [-0.1, -0.05) is 23.7 Å². The van der Waals surface area contributed by atoms with E-state index in [2.05, 4.69) is 5.32 Å². The highest BCUT2D eigenvalue weighted by Gasteiger charge is 2.27. The monoisotopic (exact) mass is 322 g/mol. The molecule has 108 valence electrons. The molecule has 0 aliphatic heterocycles. The van der Waals surface area contributed by atoms with E-state index < -0.39 is 23.9 Å². The summed E-state index contributed by atoms with van der Waals surface area (Å²) in [4.78, 5) is 11.5. The van der Waals surface area contributed by atoms with Crippen molar-refractivity contribution in [2.45, 2.75) is 12.2 Å². The van der Waals surface area contributed by atoms with Crippen LogP contribution >= 0.6 is 23.4 Å². The fraction of sp³-hybridized carbons (Fsp3) is 0.333. The molecule has 0 radical (unpaired) electrons. The molecule has 1 amide bonds. The molecule has 3 nitrogen and oxygen atoms in total. The van der Waals surface area contributed by atoms with Crippen molar-refractivity contribution in [2.75, 3.05) is 11.5 Å². The van der Waals surface area contributed by atoms with Crippen LogP contribution in [0.2, 0.25) is 5.02 Å². The zero-order valence-electron chi connectivity index (χ0n) is 10.1. The lowest BCUT2D eigenvalue weighted by Gasteiger charge is -2.12. The van der Waals surface area contributed by atoms with Crippen LogP contribution in [0.1, 0.15) is 11.6 Å². The third kappa shape index (κ3) is 6.17. The molecule has 0 unspecified atom stereocenters. The van der Waals surface area contributed by atoms with Gasteiger partial charge >= 0.3 is 6.18 Å². The van der Waals surface area contributed by atoms with Gasteiger partial charge in [0.2, 0.25) is 5.91 Å². The van der Waals surface area contributed by atoms with Crippen LogP contribution in [0.25, 0.3) is 0 Å². The van der Waals surface area contributed by atoms with E-state index in [0.717, 1.165) is 0 Å². The quantitative estimate of drug-likeness (QED) is 0.904. The third-order valence-electron chi connectivity index (χ3n) is 2.14. The number of alkyl halides is 3. The molecular formula is C12H10ClF3N2OS. The maximum atomic E-state index is 11.9. The Bertz CT molecular complexity index is 499. The average molecular weight is 323 g/mol. The van der Waals surface area contributed by atoms with Gasteiger partial charge in [0, 0.05) is 5.02 Å². The molecule has 0 bridgehead atoms. The Balaban J connectivity index is 2.50. The van der Waals surface area contributed by atoms with E-state index in [-0.39, 0.29) is 5.75 Å². The molecule has 1 N–H and O–H groups in total. The summed E-state index contributed by atoms with van der Waals surface area (Å²) in [6, 6.07) is 7.22. The van der Waals surface area contributed by atoms with Crippen molar-refractivity contribution in [3.05, 3.63) is 34.9 Å². The molecule has 0 saturated carbocycles. The van der Waals surface area contributed by atoms with E-state index in [4.69, 9.17) is 16.9 Å². The summed E-state index contributed by atoms with van der Waals surface area (Å²) in [6.45, 7) is 0. The van der Waals surface area contributed by atoms with Crippen molar-refractivity contribution in [1.29, 1.82) is 5.26 Å². The molecule has 20 heavy (non-hydrogen) atoms. The fourth-order valence-electron chi connectivity index (χ4n) is 1.31. The van der Waals surface area contributed by atoms with Gasteiger partial charge in [-0.15, -0.1) is 11.8 Å². The van der Waals surface area contributed by atoms with E-state index in [9.17, 15) is 18.0 Å². The fourth-order valence-corrected chi connectivity index (χ4v) is 2.04. The first-order valence-corrected chi connectivity index (χ1v) is 6.94. The lowest BCUT2D eigenvalue weighted by atomic mass is 10.1. The number of carbonyl (C=O) groups excluding carboxylic acids is 1. The zero-order chi connectivity index (χ0) is 15.2. The smallest absolute Gasteiger partial charge is 0.336 e. The number of nitriles is 1. The maximum absolute atomic E-state index is 11.9. The van der Waals surface area contributed by atoms with Gasteiger partial charge in [-0.05, 0) is 17.7 Å². The lowest BCUT2D eigenvalue weighted by Crippen LogP contribution is -2.29. The van der Waals surface area contributed by atoms with Gasteiger partial charge < -0.3 is 5.32 Å². The molecule has 0 aliphatic rings. The second-order valence-corrected chi connectivity index (χ2v) is 5.21. The minimum atomic E-state index is -4.31. The first-order chi connectivity index (χ1) is 9.31. The number of hydrogen-bond donors (Lipinski definition) is 1. The molecule has 8 heteroatoms. The highest BCUT2D eigenvalue weighted by atomic mass is 35.5. The number of benzene rings is 1. The molecule has 0 fully saturated rings. The molecular weight excluding hydrogens is 313 g/mol. The Kier molecular flexibility index (Phi) is 6.17. The minimum absolute atomic E-state index is 0.356. The number of hydrogen-bond acceptors (Lipinski definition) is 3. The topological polar surface area (TPSA) is 52.9 Å². The Morgan fingerprint density at radius 1 is 1.40 bits per heavy atom. The van der Waals surface area contributed by atoms with E-state index in [1.54, 1.807) is 24.3 Å². The number of rotatable bonds is 5. The Morgan fingerprint density at radius 2 is 2.00 bits per heavy atom. The van der Waals surface area contributed by atoms with Gasteiger partial charge in [-0.3, -0.25) is 4.79 Å². The maximum Gasteiger partial charge on any atom is 0.397 e. The number of nitrogens with one attached hydrogen (secondary N) is 1. The number of thioether (sulfide) groups is 1. The Hall–Kier alpha value is -1.39. The number of halogens is 4. The number of carbonyl (C=O) groups is 1. The van der Waals surface area contributed by atoms with Crippen LogP contribution in [-0.4, -0.2) is 23.6 Å². The van der Waals surface area contributed by atoms with Gasteiger partial charge in [0.15, 0.2) is 0 Å². The second kappa shape index (κ2) is 7.41. The third-order valence-corrected chi connectivity index (χ3v) is 3.39. The molecule has 0 spiro atoms. The van der Waals surface area contributed by atoms with Crippen LogP contribution < -0.4 is 5.32 Å². The van der Waals surface area contributed by atoms with E-state index in [0.29, 0.717) is 22.3 Å². The summed E-state index contributed by atoms with van der Waals surface area (Å²) in [6.07, 6.45) is -4.31. The lowest BCUT2D eigenvalue weighted by molar-refractivity contribution is -0.119. The molecule has 1 aromatic rings. The minimum Gasteiger partial charge on any atom is -0.336 e. The molecule has 1 rings (SSSR count). The summed E-state index contributed by atoms with van der Waals surface area (Å²) in [5, 5.41) is 11.8. The predicted molar refractivity (Wildman–Crippen MR) is 71.3 cm³/mol. The van der Waals surface area contributed by atoms with Crippen LogP contribution in [0.15, 0.2) is 24.3 Å². The predicted octanol–water partition coefficient (Wildman–Crippen LogP) is 3.32. The van der Waals surface area contributed by atoms with Crippen LogP contribution in [0.4, 0.5) is 13.2 Å². The molecule has 0 saturated heterocycles. The summed E-state index contributed by atoms with van der Waals surface area (Å²) < 4.78 is 35.8. The van der Waals surface area contributed by atoms with Crippen molar-refractivity contribution >= 4 is 29.3 Å². The number of amides is 1. The number of nitrogens with zero attached hydrogens (tertiary/aromatic N) is 1. The Labute approximate surface area is 123 Å². The largest absolute Gasteiger partial charge is 0.397 e. The first kappa shape index (κ1) is 16.7.